The smallest absolute Gasteiger partial charge is 0.255 e. The van der Waals surface area contributed by atoms with E-state index >= 15 is 0 Å². The zero-order chi connectivity index (χ0) is 22.5. The molecule has 3 rings (SSSR count). The predicted molar refractivity (Wildman–Crippen MR) is 120 cm³/mol. The van der Waals surface area contributed by atoms with E-state index in [2.05, 4.69) is 32.0 Å². The lowest BCUT2D eigenvalue weighted by atomic mass is 10.0. The van der Waals surface area contributed by atoms with Gasteiger partial charge in [0.25, 0.3) is 5.91 Å². The number of ketones is 2. The third kappa shape index (κ3) is 5.04. The topological polar surface area (TPSA) is 63.7 Å². The molecular formula is C26H31NO4. The Balaban J connectivity index is 1.78. The summed E-state index contributed by atoms with van der Waals surface area (Å²) in [7, 11) is 0. The molecular weight excluding hydrogens is 390 g/mol. The molecule has 0 aromatic heterocycles. The highest BCUT2D eigenvalue weighted by molar-refractivity contribution is 6.01. The van der Waals surface area contributed by atoms with Crippen LogP contribution in [0.4, 0.5) is 0 Å². The summed E-state index contributed by atoms with van der Waals surface area (Å²) in [4.78, 5) is 38.2. The summed E-state index contributed by atoms with van der Waals surface area (Å²) in [5, 5.41) is 0. The molecule has 0 fully saturated rings. The van der Waals surface area contributed by atoms with Crippen LogP contribution in [-0.2, 0) is 35.6 Å². The first kappa shape index (κ1) is 22.7. The van der Waals surface area contributed by atoms with Gasteiger partial charge in [-0.3, -0.25) is 9.59 Å². The van der Waals surface area contributed by atoms with Gasteiger partial charge in [-0.15, -0.1) is 0 Å². The van der Waals surface area contributed by atoms with Crippen molar-refractivity contribution in [1.82, 2.24) is 4.90 Å². The van der Waals surface area contributed by atoms with E-state index in [0.717, 1.165) is 24.0 Å². The minimum Gasteiger partial charge on any atom is -0.489 e. The standard InChI is InChI=1S/C26H31NO4/c1-5-20-12-11-19(14-21(20)6-2)16-31-25-9-7-8-22-23(25)15-27(26(22)30)24(18(4)29)13-10-17(3)28/h7-9,11-12,14,24H,5-6,10,13,15-16H2,1-4H3. The summed E-state index contributed by atoms with van der Waals surface area (Å²) in [6, 6.07) is 11.3. The molecule has 0 saturated heterocycles. The van der Waals surface area contributed by atoms with E-state index in [1.165, 1.54) is 25.0 Å². The fraction of sp³-hybridized carbons (Fsp3) is 0.423. The van der Waals surface area contributed by atoms with Crippen LogP contribution in [0.15, 0.2) is 36.4 Å². The molecule has 164 valence electrons. The van der Waals surface area contributed by atoms with Gasteiger partial charge in [0.15, 0.2) is 5.78 Å². The molecule has 1 amide bonds. The molecule has 1 unspecified atom stereocenters. The van der Waals surface area contributed by atoms with Gasteiger partial charge < -0.3 is 14.4 Å². The number of aryl methyl sites for hydroxylation is 2. The van der Waals surface area contributed by atoms with E-state index in [1.807, 2.05) is 12.1 Å². The van der Waals surface area contributed by atoms with E-state index in [-0.39, 0.29) is 23.9 Å². The molecule has 1 atom stereocenters. The summed E-state index contributed by atoms with van der Waals surface area (Å²) in [5.41, 5.74) is 5.16. The van der Waals surface area contributed by atoms with Crippen molar-refractivity contribution in [2.75, 3.05) is 0 Å². The molecule has 5 heteroatoms. The molecule has 0 bridgehead atoms. The number of Topliss-reactive ketones (excluding diaryl/α,β-unsaturated/α-hetero) is 2. The van der Waals surface area contributed by atoms with Crippen LogP contribution in [0.3, 0.4) is 0 Å². The van der Waals surface area contributed by atoms with E-state index in [0.29, 0.717) is 30.9 Å². The maximum absolute atomic E-state index is 13.0. The molecule has 31 heavy (non-hydrogen) atoms. The fourth-order valence-electron chi connectivity index (χ4n) is 4.24. The van der Waals surface area contributed by atoms with E-state index in [4.69, 9.17) is 4.74 Å². The summed E-state index contributed by atoms with van der Waals surface area (Å²) in [6.45, 7) is 8.03. The lowest BCUT2D eigenvalue weighted by Crippen LogP contribution is -2.40. The van der Waals surface area contributed by atoms with E-state index in [9.17, 15) is 14.4 Å². The average molecular weight is 422 g/mol. The molecule has 0 aliphatic carbocycles. The van der Waals surface area contributed by atoms with Gasteiger partial charge in [-0.2, -0.15) is 0 Å². The highest BCUT2D eigenvalue weighted by Crippen LogP contribution is 2.33. The van der Waals surface area contributed by atoms with Gasteiger partial charge >= 0.3 is 0 Å². The highest BCUT2D eigenvalue weighted by Gasteiger charge is 2.36. The van der Waals surface area contributed by atoms with Crippen LogP contribution in [0, 0.1) is 0 Å². The Labute approximate surface area is 184 Å². The lowest BCUT2D eigenvalue weighted by molar-refractivity contribution is -0.122. The molecule has 1 heterocycles. The Bertz CT molecular complexity index is 995. The molecule has 0 saturated carbocycles. The lowest BCUT2D eigenvalue weighted by Gasteiger charge is -2.25. The number of nitrogens with zero attached hydrogens (tertiary/aromatic N) is 1. The number of ether oxygens (including phenoxy) is 1. The number of hydrogen-bond donors (Lipinski definition) is 0. The van der Waals surface area contributed by atoms with Crippen molar-refractivity contribution in [1.29, 1.82) is 0 Å². The summed E-state index contributed by atoms with van der Waals surface area (Å²) < 4.78 is 6.13. The van der Waals surface area contributed by atoms with Gasteiger partial charge in [-0.25, -0.2) is 0 Å². The van der Waals surface area contributed by atoms with Crippen molar-refractivity contribution >= 4 is 17.5 Å². The van der Waals surface area contributed by atoms with Crippen molar-refractivity contribution in [3.8, 4) is 5.75 Å². The van der Waals surface area contributed by atoms with Gasteiger partial charge in [-0.05, 0) is 61.9 Å². The molecule has 1 aliphatic heterocycles. The SMILES string of the molecule is CCc1ccc(COc2cccc3c2CN(C(CCC(C)=O)C(C)=O)C3=O)cc1CC. The van der Waals surface area contributed by atoms with Crippen LogP contribution in [0.25, 0.3) is 0 Å². The first-order valence-electron chi connectivity index (χ1n) is 11.0. The Morgan fingerprint density at radius 2 is 1.81 bits per heavy atom. The monoisotopic (exact) mass is 421 g/mol. The van der Waals surface area contributed by atoms with Crippen LogP contribution < -0.4 is 4.74 Å². The van der Waals surface area contributed by atoms with Crippen molar-refractivity contribution in [2.24, 2.45) is 0 Å². The second-order valence-electron chi connectivity index (χ2n) is 8.18. The largest absolute Gasteiger partial charge is 0.489 e. The quantitative estimate of drug-likeness (QED) is 0.559. The Morgan fingerprint density at radius 3 is 2.45 bits per heavy atom. The van der Waals surface area contributed by atoms with Gasteiger partial charge in [0, 0.05) is 17.5 Å². The molecule has 2 aromatic carbocycles. The van der Waals surface area contributed by atoms with Crippen molar-refractivity contribution in [3.05, 3.63) is 64.2 Å². The van der Waals surface area contributed by atoms with Crippen LogP contribution >= 0.6 is 0 Å². The molecule has 1 aliphatic rings. The van der Waals surface area contributed by atoms with Gasteiger partial charge in [-0.1, -0.05) is 38.1 Å². The summed E-state index contributed by atoms with van der Waals surface area (Å²) in [6.07, 6.45) is 2.62. The molecule has 0 N–H and O–H groups in total. The Morgan fingerprint density at radius 1 is 1.06 bits per heavy atom. The summed E-state index contributed by atoms with van der Waals surface area (Å²) in [5.74, 6) is 0.401. The molecule has 0 radical (unpaired) electrons. The maximum Gasteiger partial charge on any atom is 0.255 e. The first-order valence-corrected chi connectivity index (χ1v) is 11.0. The number of amides is 1. The zero-order valence-corrected chi connectivity index (χ0v) is 18.9. The van der Waals surface area contributed by atoms with Crippen molar-refractivity contribution in [3.63, 3.8) is 0 Å². The average Bonchev–Trinajstić information content (AvgIpc) is 3.08. The number of hydrogen-bond acceptors (Lipinski definition) is 4. The second-order valence-corrected chi connectivity index (χ2v) is 8.18. The number of fused-ring (bicyclic) bond motifs is 1. The molecule has 5 nitrogen and oxygen atoms in total. The fourth-order valence-corrected chi connectivity index (χ4v) is 4.24. The summed E-state index contributed by atoms with van der Waals surface area (Å²) >= 11 is 0. The first-order chi connectivity index (χ1) is 14.8. The second kappa shape index (κ2) is 9.90. The predicted octanol–water partition coefficient (Wildman–Crippen LogP) is 4.67. The molecule has 2 aromatic rings. The number of carbonyl (C=O) groups is 3. The Kier molecular flexibility index (Phi) is 7.26. The molecule has 0 spiro atoms. The maximum atomic E-state index is 13.0. The van der Waals surface area contributed by atoms with Crippen molar-refractivity contribution < 1.29 is 19.1 Å². The van der Waals surface area contributed by atoms with Crippen LogP contribution in [-0.4, -0.2) is 28.4 Å². The number of benzene rings is 2. The van der Waals surface area contributed by atoms with Crippen LogP contribution in [0.1, 0.15) is 73.1 Å². The van der Waals surface area contributed by atoms with Crippen LogP contribution in [0.5, 0.6) is 5.75 Å². The van der Waals surface area contributed by atoms with E-state index in [1.54, 1.807) is 11.0 Å². The third-order valence-electron chi connectivity index (χ3n) is 5.99. The highest BCUT2D eigenvalue weighted by atomic mass is 16.5. The number of rotatable bonds is 10. The Hall–Kier alpha value is -2.95. The normalized spacial score (nSPS) is 13.8. The van der Waals surface area contributed by atoms with Gasteiger partial charge in [0.2, 0.25) is 0 Å². The number of carbonyl (C=O) groups excluding carboxylic acids is 3. The van der Waals surface area contributed by atoms with Gasteiger partial charge in [0.1, 0.15) is 18.1 Å². The van der Waals surface area contributed by atoms with Gasteiger partial charge in [0.05, 0.1) is 12.6 Å². The van der Waals surface area contributed by atoms with Crippen LogP contribution in [0.2, 0.25) is 0 Å². The minimum absolute atomic E-state index is 0.0139. The minimum atomic E-state index is -0.592. The van der Waals surface area contributed by atoms with Crippen molar-refractivity contribution in [2.45, 2.75) is 72.6 Å². The third-order valence-corrected chi connectivity index (χ3v) is 5.99. The van der Waals surface area contributed by atoms with E-state index < -0.39 is 6.04 Å². The zero-order valence-electron chi connectivity index (χ0n) is 18.9.